The highest BCUT2D eigenvalue weighted by molar-refractivity contribution is 5.12. The van der Waals surface area contributed by atoms with Crippen LogP contribution in [0.4, 0.5) is 0 Å². The summed E-state index contributed by atoms with van der Waals surface area (Å²) in [5, 5.41) is 10.7. The lowest BCUT2D eigenvalue weighted by molar-refractivity contribution is -0.0331. The molecule has 25 heavy (non-hydrogen) atoms. The predicted molar refractivity (Wildman–Crippen MR) is 97.7 cm³/mol. The van der Waals surface area contributed by atoms with Crippen molar-refractivity contribution in [1.29, 1.82) is 0 Å². The summed E-state index contributed by atoms with van der Waals surface area (Å²) in [7, 11) is 0. The number of β-amino-alcohol motifs (C(OH)–C–C–N with tert-alkyl or cyclic N) is 1. The zero-order chi connectivity index (χ0) is 17.3. The maximum absolute atomic E-state index is 12.3. The Balaban J connectivity index is 1.28. The van der Waals surface area contributed by atoms with Crippen molar-refractivity contribution in [2.24, 2.45) is 5.92 Å². The van der Waals surface area contributed by atoms with Gasteiger partial charge in [0.1, 0.15) is 0 Å². The van der Waals surface area contributed by atoms with Gasteiger partial charge in [-0.1, -0.05) is 19.3 Å². The van der Waals surface area contributed by atoms with Gasteiger partial charge in [-0.25, -0.2) is 4.98 Å². The van der Waals surface area contributed by atoms with Crippen molar-refractivity contribution in [2.45, 2.75) is 75.9 Å². The molecule has 2 aliphatic carbocycles. The Kier molecular flexibility index (Phi) is 4.96. The van der Waals surface area contributed by atoms with Crippen molar-refractivity contribution in [3.05, 3.63) is 28.4 Å². The summed E-state index contributed by atoms with van der Waals surface area (Å²) in [5.41, 5.74) is 0.637. The summed E-state index contributed by atoms with van der Waals surface area (Å²) in [6.07, 6.45) is 11.9. The average Bonchev–Trinajstić information content (AvgIpc) is 3.44. The van der Waals surface area contributed by atoms with E-state index in [0.717, 1.165) is 57.6 Å². The molecule has 0 bridgehead atoms. The molecule has 1 aromatic heterocycles. The van der Waals surface area contributed by atoms with E-state index in [1.165, 1.54) is 32.1 Å². The van der Waals surface area contributed by atoms with Crippen molar-refractivity contribution in [3.63, 3.8) is 0 Å². The van der Waals surface area contributed by atoms with Gasteiger partial charge in [-0.2, -0.15) is 0 Å². The Hall–Kier alpha value is -1.20. The van der Waals surface area contributed by atoms with E-state index >= 15 is 0 Å². The van der Waals surface area contributed by atoms with E-state index in [9.17, 15) is 9.90 Å². The molecule has 2 heterocycles. The van der Waals surface area contributed by atoms with Crippen molar-refractivity contribution in [1.82, 2.24) is 14.5 Å². The fourth-order valence-corrected chi connectivity index (χ4v) is 4.57. The molecule has 1 aliphatic heterocycles. The monoisotopic (exact) mass is 345 g/mol. The minimum Gasteiger partial charge on any atom is -0.389 e. The van der Waals surface area contributed by atoms with Crippen LogP contribution >= 0.6 is 0 Å². The standard InChI is InChI=1S/C20H31N3O2/c24-19-12-18(17-4-5-17)21-15-23(19)13-16-6-10-22(11-7-16)14-20(25)8-2-1-3-9-20/h12,15-17,25H,1-11,13-14H2. The van der Waals surface area contributed by atoms with Gasteiger partial charge < -0.3 is 10.0 Å². The molecule has 5 nitrogen and oxygen atoms in total. The van der Waals surface area contributed by atoms with Crippen molar-refractivity contribution in [2.75, 3.05) is 19.6 Å². The molecule has 0 aromatic carbocycles. The molecular formula is C20H31N3O2. The zero-order valence-corrected chi connectivity index (χ0v) is 15.2. The lowest BCUT2D eigenvalue weighted by atomic mass is 9.84. The van der Waals surface area contributed by atoms with Gasteiger partial charge >= 0.3 is 0 Å². The predicted octanol–water partition coefficient (Wildman–Crippen LogP) is 2.53. The highest BCUT2D eigenvalue weighted by Gasteiger charge is 2.32. The first kappa shape index (κ1) is 17.2. The Labute approximate surface area is 150 Å². The second kappa shape index (κ2) is 7.20. The van der Waals surface area contributed by atoms with Crippen LogP contribution in [0, 0.1) is 5.92 Å². The maximum Gasteiger partial charge on any atom is 0.253 e. The minimum atomic E-state index is -0.454. The first-order chi connectivity index (χ1) is 12.1. The van der Waals surface area contributed by atoms with Crippen LogP contribution in [0.3, 0.4) is 0 Å². The normalized spacial score (nSPS) is 25.2. The maximum atomic E-state index is 12.3. The van der Waals surface area contributed by atoms with Crippen molar-refractivity contribution in [3.8, 4) is 0 Å². The van der Waals surface area contributed by atoms with Crippen molar-refractivity contribution >= 4 is 0 Å². The summed E-state index contributed by atoms with van der Waals surface area (Å²) in [5.74, 6) is 1.08. The molecule has 4 rings (SSSR count). The number of rotatable bonds is 5. The third-order valence-corrected chi connectivity index (χ3v) is 6.36. The van der Waals surface area contributed by atoms with Crippen molar-refractivity contribution < 1.29 is 5.11 Å². The topological polar surface area (TPSA) is 58.4 Å². The fraction of sp³-hybridized carbons (Fsp3) is 0.800. The summed E-state index contributed by atoms with van der Waals surface area (Å²) in [6, 6.07) is 1.74. The summed E-state index contributed by atoms with van der Waals surface area (Å²) < 4.78 is 1.79. The summed E-state index contributed by atoms with van der Waals surface area (Å²) in [6.45, 7) is 3.69. The van der Waals surface area contributed by atoms with Crippen LogP contribution in [0.1, 0.15) is 69.4 Å². The van der Waals surface area contributed by atoms with Crippen LogP contribution < -0.4 is 5.56 Å². The Morgan fingerprint density at radius 2 is 1.84 bits per heavy atom. The van der Waals surface area contributed by atoms with Gasteiger partial charge in [-0.05, 0) is 57.5 Å². The first-order valence-electron chi connectivity index (χ1n) is 10.1. The lowest BCUT2D eigenvalue weighted by Crippen LogP contribution is -2.47. The smallest absolute Gasteiger partial charge is 0.253 e. The molecule has 1 saturated heterocycles. The molecule has 2 saturated carbocycles. The van der Waals surface area contributed by atoms with Gasteiger partial charge in [0.05, 0.1) is 17.6 Å². The number of hydrogen-bond acceptors (Lipinski definition) is 4. The SMILES string of the molecule is O=c1cc(C2CC2)ncn1CC1CCN(CC2(O)CCCCC2)CC1. The zero-order valence-electron chi connectivity index (χ0n) is 15.2. The first-order valence-corrected chi connectivity index (χ1v) is 10.1. The van der Waals surface area contributed by atoms with Crippen LogP contribution in [-0.2, 0) is 6.54 Å². The van der Waals surface area contributed by atoms with Crippen LogP contribution in [0.15, 0.2) is 17.2 Å². The molecule has 0 radical (unpaired) electrons. The Bertz CT molecular complexity index is 639. The molecule has 1 aromatic rings. The fourth-order valence-electron chi connectivity index (χ4n) is 4.57. The molecule has 138 valence electrons. The molecule has 0 spiro atoms. The Morgan fingerprint density at radius 3 is 2.48 bits per heavy atom. The highest BCUT2D eigenvalue weighted by Crippen LogP contribution is 2.38. The second-order valence-corrected chi connectivity index (χ2v) is 8.58. The van der Waals surface area contributed by atoms with Gasteiger partial charge in [0.2, 0.25) is 0 Å². The van der Waals surface area contributed by atoms with Gasteiger partial charge in [0, 0.05) is 25.1 Å². The van der Waals surface area contributed by atoms with E-state index in [0.29, 0.717) is 11.8 Å². The number of hydrogen-bond donors (Lipinski definition) is 1. The van der Waals surface area contributed by atoms with Crippen LogP contribution in [0.2, 0.25) is 0 Å². The molecule has 0 unspecified atom stereocenters. The van der Waals surface area contributed by atoms with Gasteiger partial charge in [0.25, 0.3) is 5.56 Å². The number of aromatic nitrogens is 2. The van der Waals surface area contributed by atoms with E-state index < -0.39 is 5.60 Å². The summed E-state index contributed by atoms with van der Waals surface area (Å²) >= 11 is 0. The number of nitrogens with zero attached hydrogens (tertiary/aromatic N) is 3. The van der Waals surface area contributed by atoms with E-state index in [4.69, 9.17) is 0 Å². The number of aliphatic hydroxyl groups is 1. The number of piperidine rings is 1. The van der Waals surface area contributed by atoms with Gasteiger partial charge in [-0.15, -0.1) is 0 Å². The van der Waals surface area contributed by atoms with E-state index in [1.54, 1.807) is 17.0 Å². The third kappa shape index (κ3) is 4.32. The van der Waals surface area contributed by atoms with Crippen LogP contribution in [0.5, 0.6) is 0 Å². The number of likely N-dealkylation sites (tertiary alicyclic amines) is 1. The van der Waals surface area contributed by atoms with Gasteiger partial charge in [-0.3, -0.25) is 9.36 Å². The Morgan fingerprint density at radius 1 is 1.12 bits per heavy atom. The van der Waals surface area contributed by atoms with E-state index in [1.807, 2.05) is 0 Å². The minimum absolute atomic E-state index is 0.107. The van der Waals surface area contributed by atoms with Crippen LogP contribution in [-0.4, -0.2) is 44.8 Å². The molecule has 3 aliphatic rings. The highest BCUT2D eigenvalue weighted by atomic mass is 16.3. The molecule has 0 atom stereocenters. The third-order valence-electron chi connectivity index (χ3n) is 6.36. The average molecular weight is 345 g/mol. The lowest BCUT2D eigenvalue weighted by Gasteiger charge is -2.40. The van der Waals surface area contributed by atoms with E-state index in [-0.39, 0.29) is 5.56 Å². The molecular weight excluding hydrogens is 314 g/mol. The molecule has 5 heteroatoms. The quantitative estimate of drug-likeness (QED) is 0.891. The summed E-state index contributed by atoms with van der Waals surface area (Å²) in [4.78, 5) is 19.2. The molecule has 3 fully saturated rings. The second-order valence-electron chi connectivity index (χ2n) is 8.58. The molecule has 0 amide bonds. The van der Waals surface area contributed by atoms with Crippen LogP contribution in [0.25, 0.3) is 0 Å². The van der Waals surface area contributed by atoms with E-state index in [2.05, 4.69) is 9.88 Å². The van der Waals surface area contributed by atoms with Gasteiger partial charge in [0.15, 0.2) is 0 Å². The largest absolute Gasteiger partial charge is 0.389 e. The molecule has 1 N–H and O–H groups in total.